The third-order valence-electron chi connectivity index (χ3n) is 4.04. The molecular weight excluding hydrogens is 224 g/mol. The van der Waals surface area contributed by atoms with Crippen LogP contribution in [0.25, 0.3) is 10.9 Å². The van der Waals surface area contributed by atoms with E-state index in [9.17, 15) is 0 Å². The number of H-pyrrole nitrogens is 1. The first-order valence-corrected chi connectivity index (χ1v) is 6.69. The first-order valence-electron chi connectivity index (χ1n) is 6.69. The molecule has 1 aromatic carbocycles. The second kappa shape index (κ2) is 3.83. The maximum absolute atomic E-state index is 4.83. The average Bonchev–Trinajstić information content (AvgIpc) is 3.02. The topological polar surface area (TPSA) is 53.1 Å². The van der Waals surface area contributed by atoms with E-state index in [0.29, 0.717) is 12.1 Å². The SMILES string of the molecule is c1ccc2c(C3=NC4CCCCC4N3)n[nH]c2c1. The van der Waals surface area contributed by atoms with Crippen LogP contribution >= 0.6 is 0 Å². The third kappa shape index (κ3) is 1.45. The lowest BCUT2D eigenvalue weighted by molar-refractivity contribution is 0.385. The molecule has 18 heavy (non-hydrogen) atoms. The molecule has 2 N–H and O–H groups in total. The van der Waals surface area contributed by atoms with Crippen molar-refractivity contribution in [3.8, 4) is 0 Å². The number of amidine groups is 1. The molecule has 0 bridgehead atoms. The first-order chi connectivity index (χ1) is 8.92. The van der Waals surface area contributed by atoms with Crippen molar-refractivity contribution in [3.63, 3.8) is 0 Å². The Labute approximate surface area is 105 Å². The van der Waals surface area contributed by atoms with E-state index in [1.54, 1.807) is 0 Å². The molecule has 4 rings (SSSR count). The standard InChI is InChI=1S/C14H16N4/c1-2-6-10-9(5-1)13(18-17-10)14-15-11-7-3-4-8-12(11)16-14/h1-2,5-6,11-12H,3-4,7-8H2,(H,15,16)(H,17,18). The van der Waals surface area contributed by atoms with Gasteiger partial charge in [-0.1, -0.05) is 31.0 Å². The maximum atomic E-state index is 4.83. The number of nitrogens with one attached hydrogen (secondary N) is 2. The van der Waals surface area contributed by atoms with Crippen LogP contribution in [0, 0.1) is 0 Å². The second-order valence-corrected chi connectivity index (χ2v) is 5.20. The Hall–Kier alpha value is -1.84. The molecule has 2 heterocycles. The molecule has 1 aromatic heterocycles. The van der Waals surface area contributed by atoms with E-state index in [0.717, 1.165) is 22.4 Å². The van der Waals surface area contributed by atoms with Gasteiger partial charge in [-0.15, -0.1) is 0 Å². The first kappa shape index (κ1) is 10.1. The maximum Gasteiger partial charge on any atom is 0.150 e. The fourth-order valence-corrected chi connectivity index (χ4v) is 3.09. The Bertz CT molecular complexity index is 613. The molecule has 1 aliphatic carbocycles. The van der Waals surface area contributed by atoms with Crippen molar-refractivity contribution < 1.29 is 0 Å². The Balaban J connectivity index is 1.75. The highest BCUT2D eigenvalue weighted by atomic mass is 15.2. The number of hydrogen-bond acceptors (Lipinski definition) is 3. The van der Waals surface area contributed by atoms with Gasteiger partial charge in [-0.05, 0) is 18.9 Å². The van der Waals surface area contributed by atoms with Crippen LogP contribution in [0.2, 0.25) is 0 Å². The van der Waals surface area contributed by atoms with E-state index in [1.165, 1.54) is 25.7 Å². The van der Waals surface area contributed by atoms with Crippen molar-refractivity contribution in [3.05, 3.63) is 30.0 Å². The van der Waals surface area contributed by atoms with E-state index in [2.05, 4.69) is 21.6 Å². The van der Waals surface area contributed by atoms with Crippen molar-refractivity contribution in [2.45, 2.75) is 37.8 Å². The van der Waals surface area contributed by atoms with Gasteiger partial charge in [0.25, 0.3) is 0 Å². The van der Waals surface area contributed by atoms with Crippen molar-refractivity contribution >= 4 is 16.7 Å². The van der Waals surface area contributed by atoms with Gasteiger partial charge in [-0.3, -0.25) is 10.1 Å². The van der Waals surface area contributed by atoms with Crippen LogP contribution in [0.4, 0.5) is 0 Å². The highest BCUT2D eigenvalue weighted by molar-refractivity contribution is 6.08. The van der Waals surface area contributed by atoms with Crippen LogP contribution in [-0.4, -0.2) is 28.1 Å². The number of rotatable bonds is 1. The summed E-state index contributed by atoms with van der Waals surface area (Å²) in [4.78, 5) is 4.83. The number of aliphatic imine (C=N–C) groups is 1. The molecular formula is C14H16N4. The van der Waals surface area contributed by atoms with Gasteiger partial charge in [0.15, 0.2) is 0 Å². The van der Waals surface area contributed by atoms with Gasteiger partial charge < -0.3 is 5.32 Å². The van der Waals surface area contributed by atoms with Gasteiger partial charge in [-0.25, -0.2) is 0 Å². The molecule has 4 nitrogen and oxygen atoms in total. The summed E-state index contributed by atoms with van der Waals surface area (Å²) in [5.74, 6) is 0.976. The molecule has 0 saturated heterocycles. The van der Waals surface area contributed by atoms with E-state index in [4.69, 9.17) is 4.99 Å². The van der Waals surface area contributed by atoms with Gasteiger partial charge in [0, 0.05) is 5.39 Å². The minimum absolute atomic E-state index is 0.462. The summed E-state index contributed by atoms with van der Waals surface area (Å²) in [6.45, 7) is 0. The van der Waals surface area contributed by atoms with Crippen LogP contribution in [0.1, 0.15) is 31.4 Å². The number of benzene rings is 1. The van der Waals surface area contributed by atoms with Crippen LogP contribution in [-0.2, 0) is 0 Å². The van der Waals surface area contributed by atoms with Crippen LogP contribution in [0.15, 0.2) is 29.3 Å². The van der Waals surface area contributed by atoms with Gasteiger partial charge in [0.05, 0.1) is 17.6 Å². The van der Waals surface area contributed by atoms with Crippen molar-refractivity contribution in [1.82, 2.24) is 15.5 Å². The summed E-state index contributed by atoms with van der Waals surface area (Å²) in [5, 5.41) is 12.2. The summed E-state index contributed by atoms with van der Waals surface area (Å²) in [7, 11) is 0. The minimum atomic E-state index is 0.462. The predicted molar refractivity (Wildman–Crippen MR) is 71.8 cm³/mol. The molecule has 2 aliphatic rings. The van der Waals surface area contributed by atoms with Crippen molar-refractivity contribution in [2.75, 3.05) is 0 Å². The van der Waals surface area contributed by atoms with Gasteiger partial charge >= 0.3 is 0 Å². The molecule has 2 atom stereocenters. The fourth-order valence-electron chi connectivity index (χ4n) is 3.09. The predicted octanol–water partition coefficient (Wildman–Crippen LogP) is 2.22. The Morgan fingerprint density at radius 2 is 2.00 bits per heavy atom. The Morgan fingerprint density at radius 1 is 1.11 bits per heavy atom. The largest absolute Gasteiger partial charge is 0.364 e. The van der Waals surface area contributed by atoms with E-state index < -0.39 is 0 Å². The summed E-state index contributed by atoms with van der Waals surface area (Å²) in [6.07, 6.45) is 5.07. The fraction of sp³-hybridized carbons (Fsp3) is 0.429. The molecule has 92 valence electrons. The highest BCUT2D eigenvalue weighted by Crippen LogP contribution is 2.27. The van der Waals surface area contributed by atoms with E-state index in [-0.39, 0.29) is 0 Å². The van der Waals surface area contributed by atoms with E-state index in [1.807, 2.05) is 18.2 Å². The molecule has 4 heteroatoms. The number of hydrogen-bond donors (Lipinski definition) is 2. The van der Waals surface area contributed by atoms with Crippen LogP contribution < -0.4 is 5.32 Å². The van der Waals surface area contributed by atoms with Gasteiger partial charge in [0.2, 0.25) is 0 Å². The number of aromatic nitrogens is 2. The molecule has 0 radical (unpaired) electrons. The Morgan fingerprint density at radius 3 is 2.94 bits per heavy atom. The summed E-state index contributed by atoms with van der Waals surface area (Å²) >= 11 is 0. The van der Waals surface area contributed by atoms with Crippen LogP contribution in [0.5, 0.6) is 0 Å². The number of nitrogens with zero attached hydrogens (tertiary/aromatic N) is 2. The zero-order chi connectivity index (χ0) is 11.9. The normalized spacial score (nSPS) is 26.8. The summed E-state index contributed by atoms with van der Waals surface area (Å²) < 4.78 is 0. The zero-order valence-electron chi connectivity index (χ0n) is 10.2. The third-order valence-corrected chi connectivity index (χ3v) is 4.04. The zero-order valence-corrected chi connectivity index (χ0v) is 10.2. The molecule has 2 unspecified atom stereocenters. The summed E-state index contributed by atoms with van der Waals surface area (Å²) in [6, 6.07) is 9.21. The second-order valence-electron chi connectivity index (χ2n) is 5.20. The lowest BCUT2D eigenvalue weighted by Gasteiger charge is -2.23. The molecule has 0 amide bonds. The molecule has 0 spiro atoms. The quantitative estimate of drug-likeness (QED) is 0.803. The summed E-state index contributed by atoms with van der Waals surface area (Å²) in [5.41, 5.74) is 2.05. The monoisotopic (exact) mass is 240 g/mol. The minimum Gasteiger partial charge on any atom is -0.364 e. The molecule has 1 fully saturated rings. The number of aromatic amines is 1. The molecule has 2 aromatic rings. The molecule has 1 saturated carbocycles. The lowest BCUT2D eigenvalue weighted by atomic mass is 9.92. The van der Waals surface area contributed by atoms with Crippen molar-refractivity contribution in [2.24, 2.45) is 4.99 Å². The smallest absolute Gasteiger partial charge is 0.150 e. The van der Waals surface area contributed by atoms with Crippen molar-refractivity contribution in [1.29, 1.82) is 0 Å². The Kier molecular flexibility index (Phi) is 2.15. The van der Waals surface area contributed by atoms with Crippen LogP contribution in [0.3, 0.4) is 0 Å². The molecule has 1 aliphatic heterocycles. The highest BCUT2D eigenvalue weighted by Gasteiger charge is 2.32. The lowest BCUT2D eigenvalue weighted by Crippen LogP contribution is -2.37. The van der Waals surface area contributed by atoms with E-state index >= 15 is 0 Å². The van der Waals surface area contributed by atoms with Gasteiger partial charge in [-0.2, -0.15) is 5.10 Å². The number of fused-ring (bicyclic) bond motifs is 2. The number of para-hydroxylation sites is 1. The van der Waals surface area contributed by atoms with Gasteiger partial charge in [0.1, 0.15) is 11.5 Å². The average molecular weight is 240 g/mol.